The number of likely N-dealkylation sites (N-methyl/N-ethyl adjacent to an activating group) is 1. The summed E-state index contributed by atoms with van der Waals surface area (Å²) in [6.45, 7) is 3.50. The van der Waals surface area contributed by atoms with Gasteiger partial charge in [-0.05, 0) is 32.6 Å². The first-order valence-electron chi connectivity index (χ1n) is 6.84. The minimum Gasteiger partial charge on any atom is -0.339 e. The summed E-state index contributed by atoms with van der Waals surface area (Å²) in [5.74, 6) is 0.301. The van der Waals surface area contributed by atoms with Gasteiger partial charge in [0.05, 0.1) is 6.54 Å². The van der Waals surface area contributed by atoms with E-state index in [0.29, 0.717) is 24.5 Å². The molecule has 0 aromatic heterocycles. The first-order chi connectivity index (χ1) is 7.81. The van der Waals surface area contributed by atoms with Crippen molar-refractivity contribution in [1.82, 2.24) is 10.2 Å². The van der Waals surface area contributed by atoms with Crippen molar-refractivity contribution in [2.75, 3.05) is 13.1 Å². The van der Waals surface area contributed by atoms with Crippen LogP contribution in [0.5, 0.6) is 0 Å². The van der Waals surface area contributed by atoms with Crippen molar-refractivity contribution in [3.05, 3.63) is 0 Å². The van der Waals surface area contributed by atoms with Crippen LogP contribution in [-0.2, 0) is 4.79 Å². The minimum atomic E-state index is 0.301. The monoisotopic (exact) mass is 224 g/mol. The summed E-state index contributed by atoms with van der Waals surface area (Å²) in [5, 5.41) is 3.43. The SMILES string of the molecule is CCN(C(=O)CNC1CCCCC1)C1CC1. The Balaban J connectivity index is 1.69. The molecule has 16 heavy (non-hydrogen) atoms. The van der Waals surface area contributed by atoms with Crippen LogP contribution in [0.3, 0.4) is 0 Å². The van der Waals surface area contributed by atoms with Gasteiger partial charge in [-0.25, -0.2) is 0 Å². The molecule has 0 aromatic carbocycles. The topological polar surface area (TPSA) is 32.3 Å². The summed E-state index contributed by atoms with van der Waals surface area (Å²) >= 11 is 0. The number of nitrogens with one attached hydrogen (secondary N) is 1. The van der Waals surface area contributed by atoms with Gasteiger partial charge in [-0.15, -0.1) is 0 Å². The molecular weight excluding hydrogens is 200 g/mol. The molecule has 2 aliphatic carbocycles. The standard InChI is InChI=1S/C13H24N2O/c1-2-15(12-8-9-12)13(16)10-14-11-6-4-3-5-7-11/h11-12,14H,2-10H2,1H3. The van der Waals surface area contributed by atoms with Gasteiger partial charge < -0.3 is 10.2 Å². The summed E-state index contributed by atoms with van der Waals surface area (Å²) in [7, 11) is 0. The van der Waals surface area contributed by atoms with Crippen LogP contribution in [0.25, 0.3) is 0 Å². The molecule has 0 aliphatic heterocycles. The van der Waals surface area contributed by atoms with Crippen LogP contribution < -0.4 is 5.32 Å². The first kappa shape index (κ1) is 11.9. The van der Waals surface area contributed by atoms with Gasteiger partial charge in [-0.2, -0.15) is 0 Å². The summed E-state index contributed by atoms with van der Waals surface area (Å²) in [6.07, 6.45) is 8.95. The van der Waals surface area contributed by atoms with Gasteiger partial charge >= 0.3 is 0 Å². The normalized spacial score (nSPS) is 22.1. The average Bonchev–Trinajstić information content (AvgIpc) is 3.13. The van der Waals surface area contributed by atoms with Gasteiger partial charge in [0.25, 0.3) is 0 Å². The third kappa shape index (κ3) is 3.21. The average molecular weight is 224 g/mol. The van der Waals surface area contributed by atoms with Gasteiger partial charge in [-0.1, -0.05) is 19.3 Å². The number of amides is 1. The molecule has 92 valence electrons. The van der Waals surface area contributed by atoms with Crippen molar-refractivity contribution in [2.45, 2.75) is 64.0 Å². The molecule has 2 saturated carbocycles. The van der Waals surface area contributed by atoms with Crippen LogP contribution in [-0.4, -0.2) is 36.0 Å². The van der Waals surface area contributed by atoms with Crippen LogP contribution >= 0.6 is 0 Å². The van der Waals surface area contributed by atoms with Gasteiger partial charge in [0.15, 0.2) is 0 Å². The quantitative estimate of drug-likeness (QED) is 0.774. The molecule has 0 bridgehead atoms. The highest BCUT2D eigenvalue weighted by Gasteiger charge is 2.31. The third-order valence-electron chi connectivity index (χ3n) is 3.80. The maximum atomic E-state index is 12.0. The lowest BCUT2D eigenvalue weighted by Gasteiger charge is -2.25. The van der Waals surface area contributed by atoms with Crippen molar-refractivity contribution in [3.63, 3.8) is 0 Å². The lowest BCUT2D eigenvalue weighted by molar-refractivity contribution is -0.130. The minimum absolute atomic E-state index is 0.301. The Morgan fingerprint density at radius 2 is 1.88 bits per heavy atom. The van der Waals surface area contributed by atoms with E-state index in [9.17, 15) is 4.79 Å². The van der Waals surface area contributed by atoms with Crippen molar-refractivity contribution < 1.29 is 4.79 Å². The van der Waals surface area contributed by atoms with Crippen molar-refractivity contribution in [1.29, 1.82) is 0 Å². The molecule has 0 spiro atoms. The number of nitrogens with zero attached hydrogens (tertiary/aromatic N) is 1. The maximum Gasteiger partial charge on any atom is 0.236 e. The lowest BCUT2D eigenvalue weighted by atomic mass is 9.95. The number of hydrogen-bond donors (Lipinski definition) is 1. The first-order valence-corrected chi connectivity index (χ1v) is 6.84. The maximum absolute atomic E-state index is 12.0. The van der Waals surface area contributed by atoms with Crippen molar-refractivity contribution >= 4 is 5.91 Å². The van der Waals surface area contributed by atoms with Crippen molar-refractivity contribution in [3.8, 4) is 0 Å². The molecule has 1 amide bonds. The fourth-order valence-electron chi connectivity index (χ4n) is 2.66. The molecule has 2 rings (SSSR count). The molecule has 1 N–H and O–H groups in total. The highest BCUT2D eigenvalue weighted by atomic mass is 16.2. The Hall–Kier alpha value is -0.570. The second-order valence-corrected chi connectivity index (χ2v) is 5.13. The Bertz CT molecular complexity index is 232. The number of hydrogen-bond acceptors (Lipinski definition) is 2. The molecule has 3 nitrogen and oxygen atoms in total. The molecule has 0 unspecified atom stereocenters. The smallest absolute Gasteiger partial charge is 0.236 e. The van der Waals surface area contributed by atoms with Gasteiger partial charge in [0, 0.05) is 18.6 Å². The van der Waals surface area contributed by atoms with Crippen LogP contribution in [0.4, 0.5) is 0 Å². The Morgan fingerprint density at radius 3 is 2.44 bits per heavy atom. The Morgan fingerprint density at radius 1 is 1.19 bits per heavy atom. The van der Waals surface area contributed by atoms with Gasteiger partial charge in [0.1, 0.15) is 0 Å². The number of rotatable bonds is 5. The zero-order valence-electron chi connectivity index (χ0n) is 10.4. The second kappa shape index (κ2) is 5.67. The molecular formula is C13H24N2O. The van der Waals surface area contributed by atoms with E-state index in [4.69, 9.17) is 0 Å². The van der Waals surface area contributed by atoms with Crippen molar-refractivity contribution in [2.24, 2.45) is 0 Å². The molecule has 0 aromatic rings. The zero-order valence-corrected chi connectivity index (χ0v) is 10.4. The Labute approximate surface area is 98.6 Å². The summed E-state index contributed by atoms with van der Waals surface area (Å²) in [5.41, 5.74) is 0. The second-order valence-electron chi connectivity index (χ2n) is 5.13. The highest BCUT2D eigenvalue weighted by molar-refractivity contribution is 5.78. The number of carbonyl (C=O) groups excluding carboxylic acids is 1. The summed E-state index contributed by atoms with van der Waals surface area (Å²) < 4.78 is 0. The summed E-state index contributed by atoms with van der Waals surface area (Å²) in [6, 6.07) is 1.15. The van der Waals surface area contributed by atoms with Crippen LogP contribution in [0.1, 0.15) is 51.9 Å². The predicted octanol–water partition coefficient (Wildman–Crippen LogP) is 1.92. The highest BCUT2D eigenvalue weighted by Crippen LogP contribution is 2.26. The molecule has 0 heterocycles. The molecule has 2 fully saturated rings. The van der Waals surface area contributed by atoms with E-state index in [0.717, 1.165) is 6.54 Å². The molecule has 0 radical (unpaired) electrons. The van der Waals surface area contributed by atoms with E-state index >= 15 is 0 Å². The Kier molecular flexibility index (Phi) is 4.22. The van der Waals surface area contributed by atoms with E-state index in [2.05, 4.69) is 12.2 Å². The fourth-order valence-corrected chi connectivity index (χ4v) is 2.66. The lowest BCUT2D eigenvalue weighted by Crippen LogP contribution is -2.43. The van der Waals surface area contributed by atoms with E-state index in [1.807, 2.05) is 4.90 Å². The van der Waals surface area contributed by atoms with E-state index in [1.165, 1.54) is 44.9 Å². The van der Waals surface area contributed by atoms with Gasteiger partial charge in [0.2, 0.25) is 5.91 Å². The molecule has 0 saturated heterocycles. The molecule has 2 aliphatic rings. The molecule has 3 heteroatoms. The zero-order chi connectivity index (χ0) is 11.4. The van der Waals surface area contributed by atoms with E-state index in [1.54, 1.807) is 0 Å². The predicted molar refractivity (Wildman–Crippen MR) is 65.3 cm³/mol. The third-order valence-corrected chi connectivity index (χ3v) is 3.80. The summed E-state index contributed by atoms with van der Waals surface area (Å²) in [4.78, 5) is 14.0. The van der Waals surface area contributed by atoms with Crippen LogP contribution in [0.15, 0.2) is 0 Å². The van der Waals surface area contributed by atoms with Gasteiger partial charge in [-0.3, -0.25) is 4.79 Å². The number of carbonyl (C=O) groups is 1. The fraction of sp³-hybridized carbons (Fsp3) is 0.923. The van der Waals surface area contributed by atoms with E-state index < -0.39 is 0 Å². The van der Waals surface area contributed by atoms with Crippen LogP contribution in [0, 0.1) is 0 Å². The van der Waals surface area contributed by atoms with E-state index in [-0.39, 0.29) is 0 Å². The van der Waals surface area contributed by atoms with Crippen LogP contribution in [0.2, 0.25) is 0 Å². The molecule has 0 atom stereocenters. The largest absolute Gasteiger partial charge is 0.339 e.